The van der Waals surface area contributed by atoms with Gasteiger partial charge >= 0.3 is 0 Å². The van der Waals surface area contributed by atoms with Crippen LogP contribution in [0.15, 0.2) is 91.4 Å². The molecule has 14 nitrogen and oxygen atoms in total. The van der Waals surface area contributed by atoms with Gasteiger partial charge in [-0.15, -0.1) is 0 Å². The lowest BCUT2D eigenvalue weighted by Crippen LogP contribution is -2.43. The highest BCUT2D eigenvalue weighted by atomic mass is 16.7. The first-order valence-corrected chi connectivity index (χ1v) is 19.2. The number of likely N-dealkylation sites (N-methyl/N-ethyl adjacent to an activating group) is 1. The minimum Gasteiger partial charge on any atom is -0.497 e. The van der Waals surface area contributed by atoms with Crippen LogP contribution in [0.4, 0.5) is 5.95 Å². The molecule has 3 aromatic carbocycles. The van der Waals surface area contributed by atoms with E-state index in [1.807, 2.05) is 59.3 Å². The summed E-state index contributed by atoms with van der Waals surface area (Å²) < 4.78 is 27.1. The first kappa shape index (κ1) is 38.2. The topological polar surface area (TPSA) is 141 Å². The van der Waals surface area contributed by atoms with E-state index in [-0.39, 0.29) is 12.5 Å². The Balaban J connectivity index is 1.03. The molecule has 2 saturated heterocycles. The summed E-state index contributed by atoms with van der Waals surface area (Å²) in [6.07, 6.45) is 4.57. The van der Waals surface area contributed by atoms with Crippen LogP contribution in [0.25, 0.3) is 28.0 Å². The first-order chi connectivity index (χ1) is 27.6. The van der Waals surface area contributed by atoms with E-state index in [0.29, 0.717) is 42.9 Å². The van der Waals surface area contributed by atoms with Crippen molar-refractivity contribution in [3.05, 3.63) is 114 Å². The third-order valence-electron chi connectivity index (χ3n) is 10.2. The number of aromatic nitrogens is 5. The molecule has 0 saturated carbocycles. The number of carbonyl (C=O) groups is 1. The number of fused-ring (bicyclic) bond motifs is 1. The number of imidazole rings is 1. The van der Waals surface area contributed by atoms with Crippen molar-refractivity contribution in [3.8, 4) is 28.4 Å². The molecule has 1 amide bonds. The van der Waals surface area contributed by atoms with Gasteiger partial charge in [0.25, 0.3) is 5.91 Å². The van der Waals surface area contributed by atoms with Gasteiger partial charge in [0, 0.05) is 56.2 Å². The van der Waals surface area contributed by atoms with Crippen molar-refractivity contribution in [2.75, 3.05) is 58.9 Å². The predicted octanol–water partition coefficient (Wildman–Crippen LogP) is 5.69. The second kappa shape index (κ2) is 16.5. The van der Waals surface area contributed by atoms with Crippen molar-refractivity contribution in [2.24, 2.45) is 0 Å². The van der Waals surface area contributed by atoms with Crippen molar-refractivity contribution in [1.29, 1.82) is 0 Å². The van der Waals surface area contributed by atoms with Crippen LogP contribution < -0.4 is 14.8 Å². The zero-order chi connectivity index (χ0) is 39.5. The lowest BCUT2D eigenvalue weighted by atomic mass is 10.0. The molecule has 3 aromatic heterocycles. The lowest BCUT2D eigenvalue weighted by molar-refractivity contribution is -0.0454. The minimum atomic E-state index is -1.06. The summed E-state index contributed by atoms with van der Waals surface area (Å²) in [7, 11) is 3.79. The Labute approximate surface area is 331 Å². The van der Waals surface area contributed by atoms with Gasteiger partial charge in [-0.25, -0.2) is 14.6 Å². The molecule has 6 aromatic rings. The van der Waals surface area contributed by atoms with Crippen molar-refractivity contribution in [2.45, 2.75) is 45.4 Å². The molecule has 2 fully saturated rings. The summed E-state index contributed by atoms with van der Waals surface area (Å²) in [4.78, 5) is 28.0. The average molecular weight is 773 g/mol. The Hall–Kier alpha value is -5.64. The Kier molecular flexibility index (Phi) is 11.0. The highest BCUT2D eigenvalue weighted by Crippen LogP contribution is 2.40. The monoisotopic (exact) mass is 772 g/mol. The van der Waals surface area contributed by atoms with Gasteiger partial charge in [-0.2, -0.15) is 5.10 Å². The van der Waals surface area contributed by atoms with E-state index in [1.54, 1.807) is 50.2 Å². The van der Waals surface area contributed by atoms with E-state index in [1.165, 1.54) is 0 Å². The number of rotatable bonds is 13. The number of methoxy groups -OCH3 is 1. The van der Waals surface area contributed by atoms with Crippen LogP contribution in [0.3, 0.4) is 0 Å². The van der Waals surface area contributed by atoms with E-state index < -0.39 is 11.9 Å². The van der Waals surface area contributed by atoms with E-state index in [0.717, 1.165) is 77.3 Å². The zero-order valence-corrected chi connectivity index (χ0v) is 32.7. The van der Waals surface area contributed by atoms with Crippen LogP contribution in [-0.2, 0) is 29.2 Å². The Bertz CT molecular complexity index is 2340. The normalized spacial score (nSPS) is 15.7. The molecule has 0 bridgehead atoms. The van der Waals surface area contributed by atoms with Gasteiger partial charge in [0.15, 0.2) is 12.1 Å². The second-order valence-electron chi connectivity index (χ2n) is 15.2. The summed E-state index contributed by atoms with van der Waals surface area (Å²) in [5.41, 5.74) is 5.45. The molecule has 2 aliphatic heterocycles. The van der Waals surface area contributed by atoms with E-state index in [9.17, 15) is 9.90 Å². The van der Waals surface area contributed by atoms with Crippen LogP contribution in [0, 0.1) is 0 Å². The number of benzene rings is 3. The number of nitrogens with one attached hydrogen (secondary N) is 1. The summed E-state index contributed by atoms with van der Waals surface area (Å²) >= 11 is 0. The number of nitrogens with zero attached hydrogens (tertiary/aromatic N) is 7. The smallest absolute Gasteiger partial charge is 0.258 e. The summed E-state index contributed by atoms with van der Waals surface area (Å²) in [5, 5.41) is 18.5. The van der Waals surface area contributed by atoms with Crippen molar-refractivity contribution >= 4 is 22.9 Å². The minimum absolute atomic E-state index is 0.237. The number of anilines is 1. The Morgan fingerprint density at radius 1 is 0.982 bits per heavy atom. The molecule has 2 N–H and O–H groups in total. The van der Waals surface area contributed by atoms with Crippen LogP contribution >= 0.6 is 0 Å². The molecule has 2 aliphatic rings. The molecule has 8 rings (SSSR count). The SMILES string of the molecule is COc1ccc(COc2cccc(-c3cnn(-c4cc(C(=O)Nc5nc6ccc(CN7CCN(C)CC7)cc6n5CC(C)(C)O)ccn4)c3)c2C2OCCO2)cc1. The number of aliphatic hydroxyl groups is 1. The molecule has 0 atom stereocenters. The maximum Gasteiger partial charge on any atom is 0.258 e. The van der Waals surface area contributed by atoms with Crippen LogP contribution in [0.5, 0.6) is 11.5 Å². The fourth-order valence-electron chi connectivity index (χ4n) is 7.19. The fourth-order valence-corrected chi connectivity index (χ4v) is 7.19. The maximum absolute atomic E-state index is 13.9. The summed E-state index contributed by atoms with van der Waals surface area (Å²) in [5.74, 6) is 1.86. The van der Waals surface area contributed by atoms with Crippen LogP contribution in [-0.4, -0.2) is 104 Å². The number of pyridine rings is 1. The van der Waals surface area contributed by atoms with Gasteiger partial charge in [-0.3, -0.25) is 15.0 Å². The second-order valence-corrected chi connectivity index (χ2v) is 15.2. The molecular formula is C43H48N8O6. The van der Waals surface area contributed by atoms with Crippen LogP contribution in [0.1, 0.15) is 47.2 Å². The lowest BCUT2D eigenvalue weighted by Gasteiger charge is -2.32. The molecule has 0 spiro atoms. The van der Waals surface area contributed by atoms with Gasteiger partial charge in [0.05, 0.1) is 55.3 Å². The number of carbonyl (C=O) groups excluding carboxylic acids is 1. The van der Waals surface area contributed by atoms with E-state index in [2.05, 4.69) is 44.4 Å². The Morgan fingerprint density at radius 2 is 1.75 bits per heavy atom. The fraction of sp³-hybridized carbons (Fsp3) is 0.349. The molecule has 57 heavy (non-hydrogen) atoms. The van der Waals surface area contributed by atoms with Gasteiger partial charge in [-0.1, -0.05) is 30.3 Å². The third kappa shape index (κ3) is 8.85. The van der Waals surface area contributed by atoms with Gasteiger partial charge < -0.3 is 33.5 Å². The zero-order valence-electron chi connectivity index (χ0n) is 32.7. The summed E-state index contributed by atoms with van der Waals surface area (Å²) in [6, 6.07) is 23.1. The standard InChI is InChI=1S/C43H48N8O6/c1-43(2,53)28-50-36-22-30(25-49-18-16-48(3)17-19-49)10-13-35(36)46-42(50)47-40(52)31-14-15-44-38(23-31)51-26-32(24-45-51)34-6-5-7-37(39(34)41-55-20-21-56-41)57-27-29-8-11-33(54-4)12-9-29/h5-15,22-24,26,41,53H,16-21,25,27-28H2,1-4H3,(H,46,47,52). The maximum atomic E-state index is 13.9. The number of hydrogen-bond donors (Lipinski definition) is 2. The van der Waals surface area contributed by atoms with Gasteiger partial charge in [0.2, 0.25) is 5.95 Å². The van der Waals surface area contributed by atoms with Gasteiger partial charge in [0.1, 0.15) is 18.1 Å². The highest BCUT2D eigenvalue weighted by molar-refractivity contribution is 6.04. The molecule has 0 aliphatic carbocycles. The highest BCUT2D eigenvalue weighted by Gasteiger charge is 2.27. The van der Waals surface area contributed by atoms with Crippen molar-refractivity contribution in [3.63, 3.8) is 0 Å². The quantitative estimate of drug-likeness (QED) is 0.150. The molecule has 0 unspecified atom stereocenters. The molecule has 0 radical (unpaired) electrons. The number of piperazine rings is 1. The van der Waals surface area contributed by atoms with E-state index in [4.69, 9.17) is 23.9 Å². The predicted molar refractivity (Wildman–Crippen MR) is 216 cm³/mol. The first-order valence-electron chi connectivity index (χ1n) is 19.2. The number of ether oxygens (including phenoxy) is 4. The molecule has 296 valence electrons. The molecular weight excluding hydrogens is 725 g/mol. The Morgan fingerprint density at radius 3 is 2.51 bits per heavy atom. The average Bonchev–Trinajstić information content (AvgIpc) is 4.00. The number of amides is 1. The summed E-state index contributed by atoms with van der Waals surface area (Å²) in [6.45, 7) is 9.92. The largest absolute Gasteiger partial charge is 0.497 e. The number of hydrogen-bond acceptors (Lipinski definition) is 11. The molecule has 14 heteroatoms. The van der Waals surface area contributed by atoms with Crippen molar-refractivity contribution < 1.29 is 28.8 Å². The van der Waals surface area contributed by atoms with Crippen molar-refractivity contribution in [1.82, 2.24) is 34.1 Å². The van der Waals surface area contributed by atoms with E-state index >= 15 is 0 Å². The van der Waals surface area contributed by atoms with Gasteiger partial charge in [-0.05, 0) is 80.1 Å². The van der Waals surface area contributed by atoms with Crippen LogP contribution in [0.2, 0.25) is 0 Å². The third-order valence-corrected chi connectivity index (χ3v) is 10.2. The molecule has 5 heterocycles.